The Balaban J connectivity index is 1.72. The third-order valence-electron chi connectivity index (χ3n) is 3.82. The van der Waals surface area contributed by atoms with Crippen LogP contribution in [0.5, 0.6) is 0 Å². The van der Waals surface area contributed by atoms with Crippen LogP contribution in [0.4, 0.5) is 5.69 Å². The number of likely N-dealkylation sites (tertiary alicyclic amines) is 1. The normalized spacial score (nSPS) is 17.4. The van der Waals surface area contributed by atoms with Gasteiger partial charge in [-0.05, 0) is 62.6 Å². The van der Waals surface area contributed by atoms with Crippen LogP contribution in [0.15, 0.2) is 24.3 Å². The second kappa shape index (κ2) is 5.42. The molecule has 0 radical (unpaired) electrons. The van der Waals surface area contributed by atoms with Crippen LogP contribution in [0.2, 0.25) is 0 Å². The fourth-order valence-corrected chi connectivity index (χ4v) is 3.53. The number of anilines is 1. The zero-order valence-electron chi connectivity index (χ0n) is 11.6. The number of piperidine rings is 1. The van der Waals surface area contributed by atoms with Crippen LogP contribution in [-0.4, -0.2) is 37.0 Å². The van der Waals surface area contributed by atoms with E-state index in [1.165, 1.54) is 11.3 Å². The molecule has 20 heavy (non-hydrogen) atoms. The molecule has 1 aliphatic heterocycles. The minimum absolute atomic E-state index is 0.0410. The van der Waals surface area contributed by atoms with Gasteiger partial charge < -0.3 is 16.0 Å². The van der Waals surface area contributed by atoms with Crippen molar-refractivity contribution in [3.8, 4) is 0 Å². The number of nitrogens with two attached hydrogens (primary N) is 1. The largest absolute Gasteiger partial charge is 0.399 e. The van der Waals surface area contributed by atoms with E-state index < -0.39 is 0 Å². The van der Waals surface area contributed by atoms with Gasteiger partial charge in [0.1, 0.15) is 0 Å². The number of nitrogen functional groups attached to an aromatic ring is 1. The maximum atomic E-state index is 12.3. The number of carbonyl (C=O) groups excluding carboxylic acids is 1. The molecule has 0 unspecified atom stereocenters. The number of nitrogens with zero attached hydrogens (tertiary/aromatic N) is 1. The molecule has 0 atom stereocenters. The topological polar surface area (TPSA) is 58.4 Å². The second-order valence-electron chi connectivity index (χ2n) is 5.46. The molecule has 4 nitrogen and oxygen atoms in total. The third kappa shape index (κ3) is 2.78. The van der Waals surface area contributed by atoms with Gasteiger partial charge in [-0.25, -0.2) is 0 Å². The Labute approximate surface area is 122 Å². The van der Waals surface area contributed by atoms with Crippen LogP contribution in [-0.2, 0) is 0 Å². The number of nitrogens with one attached hydrogen (secondary N) is 1. The molecule has 0 spiro atoms. The first-order chi connectivity index (χ1) is 9.61. The Morgan fingerprint density at radius 1 is 1.35 bits per heavy atom. The highest BCUT2D eigenvalue weighted by Crippen LogP contribution is 2.27. The van der Waals surface area contributed by atoms with Crippen LogP contribution in [0, 0.1) is 0 Å². The Kier molecular flexibility index (Phi) is 3.63. The van der Waals surface area contributed by atoms with Crippen LogP contribution in [0.3, 0.4) is 0 Å². The number of rotatable bonds is 2. The zero-order valence-corrected chi connectivity index (χ0v) is 12.4. The number of carbonyl (C=O) groups is 1. The van der Waals surface area contributed by atoms with E-state index in [1.807, 2.05) is 24.3 Å². The van der Waals surface area contributed by atoms with Gasteiger partial charge in [-0.15, -0.1) is 11.3 Å². The first-order valence-corrected chi connectivity index (χ1v) is 7.72. The van der Waals surface area contributed by atoms with Crippen molar-refractivity contribution in [2.75, 3.05) is 25.9 Å². The van der Waals surface area contributed by atoms with Crippen molar-refractivity contribution in [1.29, 1.82) is 0 Å². The summed E-state index contributed by atoms with van der Waals surface area (Å²) in [6, 6.07) is 7.99. The molecular weight excluding hydrogens is 270 g/mol. The van der Waals surface area contributed by atoms with E-state index in [1.54, 1.807) is 0 Å². The molecule has 1 fully saturated rings. The standard InChI is InChI=1S/C15H19N3OS/c1-18-6-4-12(5-7-18)17-15(19)14-9-10-8-11(16)2-3-13(10)20-14/h2-3,8-9,12H,4-7,16H2,1H3,(H,17,19). The van der Waals surface area contributed by atoms with Crippen LogP contribution >= 0.6 is 11.3 Å². The summed E-state index contributed by atoms with van der Waals surface area (Å²) < 4.78 is 1.10. The molecule has 1 amide bonds. The van der Waals surface area contributed by atoms with E-state index in [0.717, 1.165) is 46.6 Å². The van der Waals surface area contributed by atoms with Crippen LogP contribution < -0.4 is 11.1 Å². The molecule has 1 aromatic heterocycles. The highest BCUT2D eigenvalue weighted by Gasteiger charge is 2.20. The molecule has 0 aliphatic carbocycles. The zero-order chi connectivity index (χ0) is 14.1. The Hall–Kier alpha value is -1.59. The lowest BCUT2D eigenvalue weighted by Crippen LogP contribution is -2.43. The van der Waals surface area contributed by atoms with Gasteiger partial charge in [0, 0.05) is 16.4 Å². The summed E-state index contributed by atoms with van der Waals surface area (Å²) in [5, 5.41) is 4.19. The van der Waals surface area contributed by atoms with Gasteiger partial charge in [-0.3, -0.25) is 4.79 Å². The van der Waals surface area contributed by atoms with Crippen molar-refractivity contribution < 1.29 is 4.79 Å². The van der Waals surface area contributed by atoms with Gasteiger partial charge >= 0.3 is 0 Å². The monoisotopic (exact) mass is 289 g/mol. The summed E-state index contributed by atoms with van der Waals surface area (Å²) in [6.45, 7) is 2.10. The number of hydrogen-bond donors (Lipinski definition) is 2. The molecule has 1 aliphatic rings. The fraction of sp³-hybridized carbons (Fsp3) is 0.400. The van der Waals surface area contributed by atoms with Crippen molar-refractivity contribution in [2.45, 2.75) is 18.9 Å². The highest BCUT2D eigenvalue weighted by atomic mass is 32.1. The van der Waals surface area contributed by atoms with Crippen molar-refractivity contribution in [3.05, 3.63) is 29.1 Å². The molecule has 3 rings (SSSR count). The molecular formula is C15H19N3OS. The maximum Gasteiger partial charge on any atom is 0.261 e. The van der Waals surface area contributed by atoms with Crippen molar-refractivity contribution >= 4 is 33.0 Å². The van der Waals surface area contributed by atoms with Crippen molar-refractivity contribution in [1.82, 2.24) is 10.2 Å². The first-order valence-electron chi connectivity index (χ1n) is 6.90. The van der Waals surface area contributed by atoms with E-state index in [0.29, 0.717) is 6.04 Å². The number of hydrogen-bond acceptors (Lipinski definition) is 4. The second-order valence-corrected chi connectivity index (χ2v) is 6.54. The maximum absolute atomic E-state index is 12.3. The summed E-state index contributed by atoms with van der Waals surface area (Å²) in [7, 11) is 2.12. The predicted octanol–water partition coefficient (Wildman–Crippen LogP) is 2.31. The highest BCUT2D eigenvalue weighted by molar-refractivity contribution is 7.20. The minimum atomic E-state index is 0.0410. The molecule has 2 aromatic rings. The summed E-state index contributed by atoms with van der Waals surface area (Å²) in [4.78, 5) is 15.4. The predicted molar refractivity (Wildman–Crippen MR) is 84.2 cm³/mol. The number of benzene rings is 1. The third-order valence-corrected chi connectivity index (χ3v) is 4.93. The van der Waals surface area contributed by atoms with Crippen molar-refractivity contribution in [2.24, 2.45) is 0 Å². The van der Waals surface area contributed by atoms with E-state index in [9.17, 15) is 4.79 Å². The summed E-state index contributed by atoms with van der Waals surface area (Å²) >= 11 is 1.53. The van der Waals surface area contributed by atoms with E-state index in [4.69, 9.17) is 5.73 Å². The molecule has 106 valence electrons. The van der Waals surface area contributed by atoms with Gasteiger partial charge in [0.15, 0.2) is 0 Å². The van der Waals surface area contributed by atoms with Gasteiger partial charge in [0.2, 0.25) is 0 Å². The lowest BCUT2D eigenvalue weighted by atomic mass is 10.1. The van der Waals surface area contributed by atoms with Crippen molar-refractivity contribution in [3.63, 3.8) is 0 Å². The summed E-state index contributed by atoms with van der Waals surface area (Å²) in [5.41, 5.74) is 6.50. The summed E-state index contributed by atoms with van der Waals surface area (Å²) in [6.07, 6.45) is 2.06. The van der Waals surface area contributed by atoms with Crippen LogP contribution in [0.1, 0.15) is 22.5 Å². The van der Waals surface area contributed by atoms with E-state index in [-0.39, 0.29) is 5.91 Å². The summed E-state index contributed by atoms with van der Waals surface area (Å²) in [5.74, 6) is 0.0410. The van der Waals surface area contributed by atoms with E-state index >= 15 is 0 Å². The molecule has 1 saturated heterocycles. The quantitative estimate of drug-likeness (QED) is 0.834. The Morgan fingerprint density at radius 3 is 2.85 bits per heavy atom. The molecule has 0 saturated carbocycles. The van der Waals surface area contributed by atoms with Gasteiger partial charge in [0.25, 0.3) is 5.91 Å². The molecule has 0 bridgehead atoms. The van der Waals surface area contributed by atoms with E-state index in [2.05, 4.69) is 17.3 Å². The average molecular weight is 289 g/mol. The van der Waals surface area contributed by atoms with Gasteiger partial charge in [-0.2, -0.15) is 0 Å². The lowest BCUT2D eigenvalue weighted by Gasteiger charge is -2.29. The first kappa shape index (κ1) is 13.4. The molecule has 1 aromatic carbocycles. The molecule has 5 heteroatoms. The molecule has 3 N–H and O–H groups in total. The number of amides is 1. The minimum Gasteiger partial charge on any atom is -0.399 e. The fourth-order valence-electron chi connectivity index (χ4n) is 2.58. The van der Waals surface area contributed by atoms with Gasteiger partial charge in [-0.1, -0.05) is 0 Å². The number of thiophene rings is 1. The smallest absolute Gasteiger partial charge is 0.261 e. The molecule has 2 heterocycles. The number of fused-ring (bicyclic) bond motifs is 1. The van der Waals surface area contributed by atoms with Gasteiger partial charge in [0.05, 0.1) is 4.88 Å². The lowest BCUT2D eigenvalue weighted by molar-refractivity contribution is 0.0921. The van der Waals surface area contributed by atoms with Crippen LogP contribution in [0.25, 0.3) is 10.1 Å². The Morgan fingerprint density at radius 2 is 2.10 bits per heavy atom. The average Bonchev–Trinajstić information content (AvgIpc) is 2.84. The SMILES string of the molecule is CN1CCC(NC(=O)c2cc3cc(N)ccc3s2)CC1. The Bertz CT molecular complexity index is 629.